The number of methoxy groups -OCH3 is 1. The summed E-state index contributed by atoms with van der Waals surface area (Å²) in [4.78, 5) is 15.3. The van der Waals surface area contributed by atoms with Crippen molar-refractivity contribution in [3.05, 3.63) is 87.5 Å². The Labute approximate surface area is 239 Å². The van der Waals surface area contributed by atoms with E-state index < -0.39 is 0 Å². The van der Waals surface area contributed by atoms with Gasteiger partial charge in [-0.15, -0.1) is 0 Å². The van der Waals surface area contributed by atoms with Crippen molar-refractivity contribution in [3.63, 3.8) is 0 Å². The van der Waals surface area contributed by atoms with Crippen molar-refractivity contribution in [3.8, 4) is 5.75 Å². The minimum absolute atomic E-state index is 0.186. The lowest BCUT2D eigenvalue weighted by molar-refractivity contribution is -0.143. The average Bonchev–Trinajstić information content (AvgIpc) is 3.06. The Morgan fingerprint density at radius 1 is 1.12 bits per heavy atom. The summed E-state index contributed by atoms with van der Waals surface area (Å²) in [6.45, 7) is 11.4. The zero-order valence-electron chi connectivity index (χ0n) is 24.8. The maximum absolute atomic E-state index is 12.8. The van der Waals surface area contributed by atoms with Gasteiger partial charge in [0.15, 0.2) is 0 Å². The van der Waals surface area contributed by atoms with Gasteiger partial charge in [-0.1, -0.05) is 37.3 Å². The number of hydrogen-bond donors (Lipinski definition) is 2. The number of ether oxygens (including phenoxy) is 2. The highest BCUT2D eigenvalue weighted by Gasteiger charge is 2.25. The number of carbonyl (C=O) groups excluding carboxylic acids is 1. The molecule has 1 heterocycles. The van der Waals surface area contributed by atoms with Crippen LogP contribution in [0, 0.1) is 19.8 Å². The lowest BCUT2D eigenvalue weighted by Gasteiger charge is -2.26. The third-order valence-electron chi connectivity index (χ3n) is 8.08. The number of nitrogens with zero attached hydrogens (tertiary/aromatic N) is 2. The second-order valence-electron chi connectivity index (χ2n) is 11.2. The number of anilines is 2. The molecule has 214 valence electrons. The molecule has 0 spiro atoms. The first-order valence-electron chi connectivity index (χ1n) is 14.1. The molecule has 0 saturated carbocycles. The first-order chi connectivity index (χ1) is 19.1. The summed E-state index contributed by atoms with van der Waals surface area (Å²) in [5.74, 6) is 7.03. The van der Waals surface area contributed by atoms with Gasteiger partial charge >= 0.3 is 5.97 Å². The molecule has 0 radical (unpaired) electrons. The van der Waals surface area contributed by atoms with Gasteiger partial charge in [0.1, 0.15) is 5.75 Å². The highest BCUT2D eigenvalue weighted by atomic mass is 16.5. The van der Waals surface area contributed by atoms with Gasteiger partial charge in [0.2, 0.25) is 0 Å². The quantitative estimate of drug-likeness (QED) is 0.159. The van der Waals surface area contributed by atoms with E-state index in [1.807, 2.05) is 26.0 Å². The molecule has 0 amide bonds. The average molecular weight is 545 g/mol. The fourth-order valence-corrected chi connectivity index (χ4v) is 5.91. The van der Waals surface area contributed by atoms with E-state index in [1.54, 1.807) is 14.2 Å². The van der Waals surface area contributed by atoms with E-state index in [0.717, 1.165) is 54.2 Å². The van der Waals surface area contributed by atoms with Crippen LogP contribution in [0.3, 0.4) is 0 Å². The van der Waals surface area contributed by atoms with Crippen LogP contribution >= 0.6 is 0 Å². The Hall–Kier alpha value is -3.55. The van der Waals surface area contributed by atoms with E-state index in [1.165, 1.54) is 27.3 Å². The second kappa shape index (κ2) is 12.7. The molecule has 0 fully saturated rings. The van der Waals surface area contributed by atoms with Crippen molar-refractivity contribution >= 4 is 17.3 Å². The maximum atomic E-state index is 12.8. The zero-order chi connectivity index (χ0) is 29.0. The Morgan fingerprint density at radius 3 is 2.60 bits per heavy atom. The number of aryl methyl sites for hydroxylation is 1. The van der Waals surface area contributed by atoms with E-state index in [9.17, 15) is 4.79 Å². The van der Waals surface area contributed by atoms with Crippen molar-refractivity contribution in [1.29, 1.82) is 0 Å². The summed E-state index contributed by atoms with van der Waals surface area (Å²) in [7, 11) is 3.49. The number of hydrazine groups is 1. The lowest BCUT2D eigenvalue weighted by atomic mass is 9.84. The number of hydrogen-bond acceptors (Lipinski definition) is 7. The number of nitrogens with two attached hydrogens (primary N) is 2. The van der Waals surface area contributed by atoms with Gasteiger partial charge < -0.3 is 20.2 Å². The normalized spacial score (nSPS) is 16.1. The van der Waals surface area contributed by atoms with Crippen LogP contribution in [0.25, 0.3) is 0 Å². The van der Waals surface area contributed by atoms with Gasteiger partial charge in [0, 0.05) is 32.6 Å². The molecular formula is C33H44N4O3. The molecule has 0 saturated heterocycles. The fourth-order valence-electron chi connectivity index (χ4n) is 5.91. The first-order valence-corrected chi connectivity index (χ1v) is 14.1. The Balaban J connectivity index is 1.68. The lowest BCUT2D eigenvalue weighted by Crippen LogP contribution is -2.27. The largest absolute Gasteiger partial charge is 0.497 e. The van der Waals surface area contributed by atoms with Crippen molar-refractivity contribution < 1.29 is 14.3 Å². The third kappa shape index (κ3) is 6.60. The van der Waals surface area contributed by atoms with E-state index in [-0.39, 0.29) is 18.3 Å². The summed E-state index contributed by atoms with van der Waals surface area (Å²) >= 11 is 0. The van der Waals surface area contributed by atoms with Crippen molar-refractivity contribution in [2.75, 3.05) is 38.1 Å². The van der Waals surface area contributed by atoms with Gasteiger partial charge in [0.25, 0.3) is 0 Å². The van der Waals surface area contributed by atoms with Gasteiger partial charge in [-0.05, 0) is 90.3 Å². The van der Waals surface area contributed by atoms with Crippen molar-refractivity contribution in [1.82, 2.24) is 4.90 Å². The van der Waals surface area contributed by atoms with E-state index in [4.69, 9.17) is 21.1 Å². The third-order valence-corrected chi connectivity index (χ3v) is 8.08. The maximum Gasteiger partial charge on any atom is 0.306 e. The van der Waals surface area contributed by atoms with E-state index >= 15 is 0 Å². The molecule has 40 heavy (non-hydrogen) atoms. The minimum atomic E-state index is -0.221. The van der Waals surface area contributed by atoms with Gasteiger partial charge in [-0.3, -0.25) is 9.69 Å². The SMILES string of the molecule is CCOC(=O)CC(c1ccc(C)c(CN2Cc3ccc(OC)cc3CC(C)C2)c1)c1ccc(N(C)N)c(N)c1C. The summed E-state index contributed by atoms with van der Waals surface area (Å²) in [6.07, 6.45) is 1.28. The van der Waals surface area contributed by atoms with Crippen molar-refractivity contribution in [2.24, 2.45) is 11.8 Å². The number of carbonyl (C=O) groups is 1. The number of fused-ring (bicyclic) bond motifs is 1. The molecule has 3 aromatic carbocycles. The monoisotopic (exact) mass is 544 g/mol. The molecule has 7 nitrogen and oxygen atoms in total. The minimum Gasteiger partial charge on any atom is -0.497 e. The van der Waals surface area contributed by atoms with Crippen LogP contribution in [0.2, 0.25) is 0 Å². The Morgan fingerprint density at radius 2 is 1.90 bits per heavy atom. The smallest absolute Gasteiger partial charge is 0.306 e. The molecule has 7 heteroatoms. The summed E-state index contributed by atoms with van der Waals surface area (Å²) in [5.41, 5.74) is 16.1. The van der Waals surface area contributed by atoms with Crippen LogP contribution < -0.4 is 21.3 Å². The topological polar surface area (TPSA) is 94.0 Å². The molecule has 1 aliphatic heterocycles. The Kier molecular flexibility index (Phi) is 9.38. The molecule has 2 atom stereocenters. The summed E-state index contributed by atoms with van der Waals surface area (Å²) in [5, 5.41) is 1.52. The highest BCUT2D eigenvalue weighted by molar-refractivity contribution is 5.75. The van der Waals surface area contributed by atoms with Gasteiger partial charge in [-0.25, -0.2) is 5.84 Å². The number of rotatable bonds is 9. The predicted molar refractivity (Wildman–Crippen MR) is 162 cm³/mol. The highest BCUT2D eigenvalue weighted by Crippen LogP contribution is 2.37. The van der Waals surface area contributed by atoms with Crippen molar-refractivity contribution in [2.45, 2.75) is 59.5 Å². The molecule has 2 unspecified atom stereocenters. The van der Waals surface area contributed by atoms with Crippen LogP contribution in [0.15, 0.2) is 48.5 Å². The molecule has 4 N–H and O–H groups in total. The van der Waals surface area contributed by atoms with Crippen LogP contribution in [0.1, 0.15) is 65.1 Å². The first kappa shape index (κ1) is 29.4. The summed E-state index contributed by atoms with van der Waals surface area (Å²) < 4.78 is 10.9. The molecule has 0 bridgehead atoms. The molecule has 0 aliphatic carbocycles. The Bertz CT molecular complexity index is 1350. The predicted octanol–water partition coefficient (Wildman–Crippen LogP) is 5.48. The molecule has 1 aliphatic rings. The zero-order valence-corrected chi connectivity index (χ0v) is 24.8. The summed E-state index contributed by atoms with van der Waals surface area (Å²) in [6, 6.07) is 17.0. The standard InChI is InChI=1S/C33H44N4O3/c1-7-40-32(38)17-30(29-12-13-31(36(5)35)33(34)23(29)4)24-9-8-22(3)27(15-24)20-37-18-21(2)14-26-16-28(39-6)11-10-25(26)19-37/h8-13,15-16,21,30H,7,14,17-20,34-35H2,1-6H3. The molecule has 4 rings (SSSR count). The molecule has 3 aromatic rings. The van der Waals surface area contributed by atoms with Crippen LogP contribution in [-0.4, -0.2) is 38.2 Å². The number of benzene rings is 3. The van der Waals surface area contributed by atoms with Gasteiger partial charge in [0.05, 0.1) is 31.5 Å². The van der Waals surface area contributed by atoms with Crippen LogP contribution in [0.4, 0.5) is 11.4 Å². The van der Waals surface area contributed by atoms with E-state index in [2.05, 4.69) is 55.1 Å². The van der Waals surface area contributed by atoms with E-state index in [0.29, 0.717) is 18.2 Å². The number of nitrogen functional groups attached to an aromatic ring is 1. The number of esters is 1. The fraction of sp³-hybridized carbons (Fsp3) is 0.424. The molecular weight excluding hydrogens is 500 g/mol. The molecule has 0 aromatic heterocycles. The van der Waals surface area contributed by atoms with Gasteiger partial charge in [-0.2, -0.15) is 0 Å². The van der Waals surface area contributed by atoms with Crippen LogP contribution in [0.5, 0.6) is 5.75 Å². The van der Waals surface area contributed by atoms with Crippen LogP contribution in [-0.2, 0) is 29.0 Å². The second-order valence-corrected chi connectivity index (χ2v) is 11.2.